The number of nitrogens with zero attached hydrogens (tertiary/aromatic N) is 2. The zero-order chi connectivity index (χ0) is 19.9. The second-order valence-electron chi connectivity index (χ2n) is 7.70. The molecule has 4 rings (SSSR count). The van der Waals surface area contributed by atoms with Gasteiger partial charge in [-0.15, -0.1) is 0 Å². The minimum absolute atomic E-state index is 0.215. The molecule has 2 aliphatic rings. The summed E-state index contributed by atoms with van der Waals surface area (Å²) in [6.07, 6.45) is -0.693. The number of alkyl halides is 3. The Labute approximate surface area is 162 Å². The van der Waals surface area contributed by atoms with Gasteiger partial charge in [-0.3, -0.25) is 0 Å². The molecule has 0 amide bonds. The average Bonchev–Trinajstić information content (AvgIpc) is 2.82. The van der Waals surface area contributed by atoms with Gasteiger partial charge in [0.15, 0.2) is 6.54 Å². The van der Waals surface area contributed by atoms with Crippen molar-refractivity contribution in [3.05, 3.63) is 65.2 Å². The lowest BCUT2D eigenvalue weighted by molar-refractivity contribution is -0.658. The van der Waals surface area contributed by atoms with E-state index in [1.165, 1.54) is 12.1 Å². The number of aliphatic hydroxyl groups is 1. The monoisotopic (exact) mass is 389 g/mol. The van der Waals surface area contributed by atoms with E-state index in [0.29, 0.717) is 12.2 Å². The first-order valence-corrected chi connectivity index (χ1v) is 9.67. The molecule has 0 aliphatic carbocycles. The molecule has 0 fully saturated rings. The summed E-state index contributed by atoms with van der Waals surface area (Å²) in [5, 5.41) is 11.7. The molecular formula is C22H24F3N2O+. The summed E-state index contributed by atoms with van der Waals surface area (Å²) in [5.41, 5.74) is 0.421. The molecule has 1 unspecified atom stereocenters. The highest BCUT2D eigenvalue weighted by Gasteiger charge is 2.52. The highest BCUT2D eigenvalue weighted by Crippen LogP contribution is 2.37. The summed E-state index contributed by atoms with van der Waals surface area (Å²) in [7, 11) is 0. The van der Waals surface area contributed by atoms with Crippen molar-refractivity contribution in [1.29, 1.82) is 0 Å². The molecule has 0 bridgehead atoms. The molecule has 0 spiro atoms. The quantitative estimate of drug-likeness (QED) is 0.756. The van der Waals surface area contributed by atoms with E-state index in [1.54, 1.807) is 6.07 Å². The number of β-amino-alcohol motifs (C(OH)–C–C–N with tert-alkyl or cyclic N) is 1. The van der Waals surface area contributed by atoms with Crippen LogP contribution in [0.15, 0.2) is 48.5 Å². The first-order chi connectivity index (χ1) is 13.3. The number of hydrogen-bond acceptors (Lipinski definition) is 2. The summed E-state index contributed by atoms with van der Waals surface area (Å²) in [4.78, 5) is 1.86. The number of amidine groups is 1. The SMILES string of the molecule is Cc1ccc(C2(O)CN(c3cccc(C(F)(F)F)c3)C3=[N+]2CCCCC3)cc1. The van der Waals surface area contributed by atoms with Crippen molar-refractivity contribution in [3.8, 4) is 0 Å². The largest absolute Gasteiger partial charge is 0.416 e. The molecule has 148 valence electrons. The Morgan fingerprint density at radius 1 is 1.04 bits per heavy atom. The van der Waals surface area contributed by atoms with Gasteiger partial charge >= 0.3 is 6.18 Å². The van der Waals surface area contributed by atoms with Crippen molar-refractivity contribution < 1.29 is 22.9 Å². The summed E-state index contributed by atoms with van der Waals surface area (Å²) in [6, 6.07) is 13.1. The molecule has 0 saturated heterocycles. The van der Waals surface area contributed by atoms with Gasteiger partial charge in [0.25, 0.3) is 11.6 Å². The van der Waals surface area contributed by atoms with Crippen LogP contribution in [0.5, 0.6) is 0 Å². The summed E-state index contributed by atoms with van der Waals surface area (Å²) >= 11 is 0. The third kappa shape index (κ3) is 3.30. The van der Waals surface area contributed by atoms with Gasteiger partial charge in [0.1, 0.15) is 5.69 Å². The van der Waals surface area contributed by atoms with Crippen molar-refractivity contribution >= 4 is 11.5 Å². The molecule has 1 N–H and O–H groups in total. The third-order valence-electron chi connectivity index (χ3n) is 5.73. The Morgan fingerprint density at radius 2 is 1.79 bits per heavy atom. The molecule has 0 saturated carbocycles. The van der Waals surface area contributed by atoms with Crippen LogP contribution in [0, 0.1) is 6.92 Å². The highest BCUT2D eigenvalue weighted by molar-refractivity contribution is 5.96. The molecule has 3 nitrogen and oxygen atoms in total. The molecule has 0 radical (unpaired) electrons. The summed E-state index contributed by atoms with van der Waals surface area (Å²) in [6.45, 7) is 2.89. The van der Waals surface area contributed by atoms with E-state index in [9.17, 15) is 18.3 Å². The van der Waals surface area contributed by atoms with E-state index in [1.807, 2.05) is 40.7 Å². The normalized spacial score (nSPS) is 23.0. The maximum absolute atomic E-state index is 13.2. The number of aryl methyl sites for hydroxylation is 1. The Hall–Kier alpha value is -2.34. The number of anilines is 1. The maximum atomic E-state index is 13.2. The molecular weight excluding hydrogens is 365 g/mol. The van der Waals surface area contributed by atoms with Gasteiger partial charge < -0.3 is 5.11 Å². The van der Waals surface area contributed by atoms with E-state index in [0.717, 1.165) is 48.7 Å². The van der Waals surface area contributed by atoms with Gasteiger partial charge in [-0.25, -0.2) is 9.48 Å². The Balaban J connectivity index is 1.80. The van der Waals surface area contributed by atoms with Gasteiger partial charge in [0.2, 0.25) is 0 Å². The van der Waals surface area contributed by atoms with E-state index in [4.69, 9.17) is 0 Å². The predicted molar refractivity (Wildman–Crippen MR) is 102 cm³/mol. The number of rotatable bonds is 2. The molecule has 2 aromatic carbocycles. The van der Waals surface area contributed by atoms with Crippen LogP contribution in [-0.2, 0) is 11.9 Å². The van der Waals surface area contributed by atoms with Crippen LogP contribution in [0.2, 0.25) is 0 Å². The zero-order valence-electron chi connectivity index (χ0n) is 15.8. The van der Waals surface area contributed by atoms with Gasteiger partial charge in [0, 0.05) is 12.0 Å². The zero-order valence-corrected chi connectivity index (χ0v) is 15.8. The molecule has 6 heteroatoms. The van der Waals surface area contributed by atoms with Crippen LogP contribution in [0.25, 0.3) is 0 Å². The third-order valence-corrected chi connectivity index (χ3v) is 5.73. The molecule has 1 atom stereocenters. The van der Waals surface area contributed by atoms with E-state index < -0.39 is 17.5 Å². The minimum Gasteiger partial charge on any atom is -0.346 e. The van der Waals surface area contributed by atoms with Crippen LogP contribution < -0.4 is 4.90 Å². The molecule has 28 heavy (non-hydrogen) atoms. The Morgan fingerprint density at radius 3 is 2.50 bits per heavy atom. The number of halogens is 3. The molecule has 2 aromatic rings. The molecule has 2 heterocycles. The Bertz CT molecular complexity index is 905. The number of hydrogen-bond donors (Lipinski definition) is 1. The number of benzene rings is 2. The first-order valence-electron chi connectivity index (χ1n) is 9.67. The van der Waals surface area contributed by atoms with Crippen LogP contribution >= 0.6 is 0 Å². The van der Waals surface area contributed by atoms with E-state index in [2.05, 4.69) is 0 Å². The standard InChI is InChI=1S/C22H24F3N2O/c1-16-9-11-17(12-10-16)21(28)15-26(20-8-3-2-4-13-27(20)21)19-7-5-6-18(14-19)22(23,24)25/h5-7,9-12,14,28H,2-4,8,13,15H2,1H3/q+1. The van der Waals surface area contributed by atoms with Gasteiger partial charge in [-0.2, -0.15) is 13.2 Å². The van der Waals surface area contributed by atoms with Crippen molar-refractivity contribution in [2.24, 2.45) is 0 Å². The smallest absolute Gasteiger partial charge is 0.346 e. The second-order valence-corrected chi connectivity index (χ2v) is 7.70. The lowest BCUT2D eigenvalue weighted by Crippen LogP contribution is -2.41. The van der Waals surface area contributed by atoms with E-state index >= 15 is 0 Å². The van der Waals surface area contributed by atoms with Crippen LogP contribution in [0.4, 0.5) is 18.9 Å². The van der Waals surface area contributed by atoms with Crippen LogP contribution in [-0.4, -0.2) is 28.6 Å². The van der Waals surface area contributed by atoms with Crippen LogP contribution in [0.3, 0.4) is 0 Å². The Kier molecular flexibility index (Phi) is 4.70. The average molecular weight is 389 g/mol. The maximum Gasteiger partial charge on any atom is 0.416 e. The first kappa shape index (κ1) is 19.0. The summed E-state index contributed by atoms with van der Waals surface area (Å²) < 4.78 is 41.7. The van der Waals surface area contributed by atoms with Crippen molar-refractivity contribution in [2.45, 2.75) is 44.5 Å². The van der Waals surface area contributed by atoms with Gasteiger partial charge in [-0.05, 0) is 44.4 Å². The van der Waals surface area contributed by atoms with Crippen molar-refractivity contribution in [3.63, 3.8) is 0 Å². The lowest BCUT2D eigenvalue weighted by Gasteiger charge is -2.23. The van der Waals surface area contributed by atoms with Crippen LogP contribution in [0.1, 0.15) is 42.4 Å². The topological polar surface area (TPSA) is 26.5 Å². The lowest BCUT2D eigenvalue weighted by atomic mass is 10.0. The second kappa shape index (κ2) is 6.92. The molecule has 0 aromatic heterocycles. The highest BCUT2D eigenvalue weighted by atomic mass is 19.4. The van der Waals surface area contributed by atoms with Crippen molar-refractivity contribution in [1.82, 2.24) is 0 Å². The predicted octanol–water partition coefficient (Wildman–Crippen LogP) is 4.66. The fraction of sp³-hybridized carbons (Fsp3) is 0.409. The molecule has 2 aliphatic heterocycles. The van der Waals surface area contributed by atoms with E-state index in [-0.39, 0.29) is 6.54 Å². The minimum atomic E-state index is -4.39. The van der Waals surface area contributed by atoms with Gasteiger partial charge in [-0.1, -0.05) is 35.9 Å². The summed E-state index contributed by atoms with van der Waals surface area (Å²) in [5.74, 6) is 0.903. The van der Waals surface area contributed by atoms with Gasteiger partial charge in [0.05, 0.1) is 12.1 Å². The van der Waals surface area contributed by atoms with Crippen molar-refractivity contribution in [2.75, 3.05) is 18.0 Å². The fourth-order valence-electron chi connectivity index (χ4n) is 4.23. The fourth-order valence-corrected chi connectivity index (χ4v) is 4.23.